The summed E-state index contributed by atoms with van der Waals surface area (Å²) in [6.07, 6.45) is 8.33. The van der Waals surface area contributed by atoms with Crippen molar-refractivity contribution in [3.8, 4) is 5.75 Å². The first-order valence-corrected chi connectivity index (χ1v) is 9.20. The number of aromatic hydroxyl groups is 1. The standard InChI is InChI=1S/C19H31ClO2/c1-3-16(19(15-20)22-4-2)11-7-5-6-8-12-17-13-9-10-14-18(17)21/h9-10,13-14,16,19,21H,3-8,11-12,15H2,1-2H3. The maximum atomic E-state index is 9.73. The van der Waals surface area contributed by atoms with Crippen molar-refractivity contribution in [1.82, 2.24) is 0 Å². The monoisotopic (exact) mass is 326 g/mol. The fourth-order valence-electron chi connectivity index (χ4n) is 2.97. The number of benzene rings is 1. The maximum Gasteiger partial charge on any atom is 0.118 e. The molecular formula is C19H31ClO2. The number of unbranched alkanes of at least 4 members (excludes halogenated alkanes) is 3. The molecule has 2 unspecified atom stereocenters. The highest BCUT2D eigenvalue weighted by molar-refractivity contribution is 6.18. The Morgan fingerprint density at radius 1 is 1.09 bits per heavy atom. The third kappa shape index (κ3) is 7.02. The number of phenols is 1. The van der Waals surface area contributed by atoms with Gasteiger partial charge in [0.25, 0.3) is 0 Å². The number of alkyl halides is 1. The van der Waals surface area contributed by atoms with E-state index in [2.05, 4.69) is 6.92 Å². The third-order valence-electron chi connectivity index (χ3n) is 4.35. The van der Waals surface area contributed by atoms with Crippen LogP contribution in [0.2, 0.25) is 0 Å². The first-order chi connectivity index (χ1) is 10.7. The molecule has 0 radical (unpaired) electrons. The highest BCUT2D eigenvalue weighted by atomic mass is 35.5. The molecule has 126 valence electrons. The predicted octanol–water partition coefficient (Wildman–Crippen LogP) is 5.56. The van der Waals surface area contributed by atoms with E-state index < -0.39 is 0 Å². The number of phenolic OH excluding ortho intramolecular Hbond substituents is 1. The highest BCUT2D eigenvalue weighted by Gasteiger charge is 2.18. The minimum atomic E-state index is 0.206. The van der Waals surface area contributed by atoms with E-state index in [9.17, 15) is 5.11 Å². The van der Waals surface area contributed by atoms with Crippen LogP contribution in [0, 0.1) is 5.92 Å². The summed E-state index contributed by atoms with van der Waals surface area (Å²) in [5, 5.41) is 9.73. The molecule has 0 aliphatic heterocycles. The molecule has 0 fully saturated rings. The Bertz CT molecular complexity index is 395. The first-order valence-electron chi connectivity index (χ1n) is 8.67. The molecule has 2 atom stereocenters. The van der Waals surface area contributed by atoms with Gasteiger partial charge < -0.3 is 9.84 Å². The zero-order valence-electron chi connectivity index (χ0n) is 14.1. The smallest absolute Gasteiger partial charge is 0.118 e. The van der Waals surface area contributed by atoms with Crippen LogP contribution in [0.1, 0.15) is 57.9 Å². The van der Waals surface area contributed by atoms with Crippen molar-refractivity contribution in [3.63, 3.8) is 0 Å². The lowest BCUT2D eigenvalue weighted by atomic mass is 9.93. The van der Waals surface area contributed by atoms with E-state index in [1.54, 1.807) is 6.07 Å². The Kier molecular flexibility index (Phi) is 10.3. The number of halogens is 1. The fourth-order valence-corrected chi connectivity index (χ4v) is 3.31. The topological polar surface area (TPSA) is 29.5 Å². The Hall–Kier alpha value is -0.730. The maximum absolute atomic E-state index is 9.73. The number of rotatable bonds is 12. The summed E-state index contributed by atoms with van der Waals surface area (Å²) in [4.78, 5) is 0. The van der Waals surface area contributed by atoms with Crippen LogP contribution in [0.4, 0.5) is 0 Å². The highest BCUT2D eigenvalue weighted by Crippen LogP contribution is 2.22. The third-order valence-corrected chi connectivity index (χ3v) is 4.65. The van der Waals surface area contributed by atoms with E-state index >= 15 is 0 Å². The molecule has 1 aromatic rings. The van der Waals surface area contributed by atoms with Crippen LogP contribution in [0.15, 0.2) is 24.3 Å². The Morgan fingerprint density at radius 2 is 1.82 bits per heavy atom. The van der Waals surface area contributed by atoms with E-state index in [0.717, 1.165) is 31.4 Å². The van der Waals surface area contributed by atoms with E-state index in [1.165, 1.54) is 25.7 Å². The van der Waals surface area contributed by atoms with E-state index in [-0.39, 0.29) is 6.10 Å². The second-order valence-corrected chi connectivity index (χ2v) is 6.21. The summed E-state index contributed by atoms with van der Waals surface area (Å²) in [6, 6.07) is 7.63. The predicted molar refractivity (Wildman–Crippen MR) is 94.8 cm³/mol. The van der Waals surface area contributed by atoms with Gasteiger partial charge in [0.1, 0.15) is 5.75 Å². The largest absolute Gasteiger partial charge is 0.508 e. The van der Waals surface area contributed by atoms with Gasteiger partial charge in [-0.15, -0.1) is 11.6 Å². The van der Waals surface area contributed by atoms with Crippen LogP contribution in [0.3, 0.4) is 0 Å². The van der Waals surface area contributed by atoms with Gasteiger partial charge in [0.2, 0.25) is 0 Å². The number of hydrogen-bond donors (Lipinski definition) is 1. The SMILES string of the molecule is CCOC(CCl)C(CC)CCCCCCc1ccccc1O. The minimum Gasteiger partial charge on any atom is -0.508 e. The van der Waals surface area contributed by atoms with Crippen molar-refractivity contribution in [1.29, 1.82) is 0 Å². The molecule has 0 aliphatic rings. The zero-order chi connectivity index (χ0) is 16.2. The molecular weight excluding hydrogens is 296 g/mol. The lowest BCUT2D eigenvalue weighted by molar-refractivity contribution is 0.0303. The number of para-hydroxylation sites is 1. The average molecular weight is 327 g/mol. The van der Waals surface area contributed by atoms with Gasteiger partial charge >= 0.3 is 0 Å². The van der Waals surface area contributed by atoms with Gasteiger partial charge in [-0.1, -0.05) is 50.8 Å². The second-order valence-electron chi connectivity index (χ2n) is 5.90. The molecule has 0 heterocycles. The minimum absolute atomic E-state index is 0.206. The van der Waals surface area contributed by atoms with Crippen molar-refractivity contribution in [2.75, 3.05) is 12.5 Å². The van der Waals surface area contributed by atoms with Gasteiger partial charge in [-0.3, -0.25) is 0 Å². The van der Waals surface area contributed by atoms with Crippen LogP contribution in [-0.2, 0) is 11.2 Å². The molecule has 22 heavy (non-hydrogen) atoms. The number of aryl methyl sites for hydroxylation is 1. The van der Waals surface area contributed by atoms with Gasteiger partial charge in [-0.05, 0) is 43.7 Å². The summed E-state index contributed by atoms with van der Waals surface area (Å²) >= 11 is 6.02. The lowest BCUT2D eigenvalue weighted by Gasteiger charge is -2.24. The van der Waals surface area contributed by atoms with Gasteiger partial charge in [-0.25, -0.2) is 0 Å². The molecule has 1 rings (SSSR count). The number of hydrogen-bond acceptors (Lipinski definition) is 2. The fraction of sp³-hybridized carbons (Fsp3) is 0.684. The Labute approximate surface area is 140 Å². The van der Waals surface area contributed by atoms with Crippen molar-refractivity contribution in [2.24, 2.45) is 5.92 Å². The Morgan fingerprint density at radius 3 is 2.45 bits per heavy atom. The van der Waals surface area contributed by atoms with Gasteiger partial charge in [0.05, 0.1) is 6.10 Å². The second kappa shape index (κ2) is 11.8. The van der Waals surface area contributed by atoms with Crippen LogP contribution in [-0.4, -0.2) is 23.7 Å². The van der Waals surface area contributed by atoms with Gasteiger partial charge in [0.15, 0.2) is 0 Å². The van der Waals surface area contributed by atoms with Crippen molar-refractivity contribution in [2.45, 2.75) is 64.9 Å². The summed E-state index contributed by atoms with van der Waals surface area (Å²) in [7, 11) is 0. The molecule has 0 aromatic heterocycles. The molecule has 0 aliphatic carbocycles. The van der Waals surface area contributed by atoms with E-state index in [1.807, 2.05) is 25.1 Å². The van der Waals surface area contributed by atoms with Crippen molar-refractivity contribution >= 4 is 11.6 Å². The molecule has 0 saturated heterocycles. The first kappa shape index (κ1) is 19.3. The summed E-state index contributed by atoms with van der Waals surface area (Å²) in [5.41, 5.74) is 1.06. The van der Waals surface area contributed by atoms with Crippen LogP contribution < -0.4 is 0 Å². The van der Waals surface area contributed by atoms with E-state index in [4.69, 9.17) is 16.3 Å². The molecule has 0 amide bonds. The molecule has 0 bridgehead atoms. The quantitative estimate of drug-likeness (QED) is 0.403. The molecule has 1 N–H and O–H groups in total. The lowest BCUT2D eigenvalue weighted by Crippen LogP contribution is -2.25. The normalized spacial score (nSPS) is 14.0. The average Bonchev–Trinajstić information content (AvgIpc) is 2.54. The molecule has 1 aromatic carbocycles. The number of ether oxygens (including phenoxy) is 1. The van der Waals surface area contributed by atoms with Gasteiger partial charge in [0, 0.05) is 12.5 Å². The molecule has 2 nitrogen and oxygen atoms in total. The molecule has 3 heteroatoms. The van der Waals surface area contributed by atoms with Crippen LogP contribution >= 0.6 is 11.6 Å². The summed E-state index contributed by atoms with van der Waals surface area (Å²) in [5.74, 6) is 1.60. The Balaban J connectivity index is 2.17. The summed E-state index contributed by atoms with van der Waals surface area (Å²) in [6.45, 7) is 5.00. The molecule has 0 saturated carbocycles. The van der Waals surface area contributed by atoms with Crippen molar-refractivity contribution in [3.05, 3.63) is 29.8 Å². The molecule has 0 spiro atoms. The van der Waals surface area contributed by atoms with Crippen molar-refractivity contribution < 1.29 is 9.84 Å². The van der Waals surface area contributed by atoms with Gasteiger partial charge in [-0.2, -0.15) is 0 Å². The van der Waals surface area contributed by atoms with E-state index in [0.29, 0.717) is 17.5 Å². The zero-order valence-corrected chi connectivity index (χ0v) is 14.8. The van der Waals surface area contributed by atoms with Crippen LogP contribution in [0.25, 0.3) is 0 Å². The summed E-state index contributed by atoms with van der Waals surface area (Å²) < 4.78 is 5.73. The van der Waals surface area contributed by atoms with Crippen LogP contribution in [0.5, 0.6) is 5.75 Å².